The molecule has 0 atom stereocenters. The molecule has 0 spiro atoms. The fourth-order valence-electron chi connectivity index (χ4n) is 2.89. The van der Waals surface area contributed by atoms with Crippen LogP contribution in [0.2, 0.25) is 0 Å². The van der Waals surface area contributed by atoms with Gasteiger partial charge < -0.3 is 14.5 Å². The summed E-state index contributed by atoms with van der Waals surface area (Å²) >= 11 is 0. The van der Waals surface area contributed by atoms with Crippen LogP contribution in [0.1, 0.15) is 34.5 Å². The molecule has 0 radical (unpaired) electrons. The number of ether oxygens (including phenoxy) is 1. The fourth-order valence-corrected chi connectivity index (χ4v) is 2.89. The van der Waals surface area contributed by atoms with Crippen LogP contribution in [0.3, 0.4) is 0 Å². The van der Waals surface area contributed by atoms with Crippen LogP contribution in [0.5, 0.6) is 0 Å². The highest BCUT2D eigenvalue weighted by atomic mass is 19.4. The highest BCUT2D eigenvalue weighted by molar-refractivity contribution is 5.92. The van der Waals surface area contributed by atoms with E-state index in [1.54, 1.807) is 12.1 Å². The first kappa shape index (κ1) is 16.6. The number of amides is 1. The Morgan fingerprint density at radius 1 is 1.12 bits per heavy atom. The van der Waals surface area contributed by atoms with Crippen molar-refractivity contribution in [3.63, 3.8) is 0 Å². The van der Waals surface area contributed by atoms with Gasteiger partial charge in [-0.15, -0.1) is 0 Å². The zero-order chi connectivity index (χ0) is 17.2. The predicted octanol–water partition coefficient (Wildman–Crippen LogP) is 3.73. The SMILES string of the molecule is O=C(NC1(c2cccc(C(F)(F)F)c2)CCOCC1)c1ccco1. The zero-order valence-corrected chi connectivity index (χ0v) is 12.7. The number of carbonyl (C=O) groups excluding carboxylic acids is 1. The van der Waals surface area contributed by atoms with Gasteiger partial charge in [-0.05, 0) is 42.7 Å². The summed E-state index contributed by atoms with van der Waals surface area (Å²) in [5.41, 5.74) is -1.23. The van der Waals surface area contributed by atoms with E-state index < -0.39 is 23.2 Å². The van der Waals surface area contributed by atoms with Crippen molar-refractivity contribution in [1.29, 1.82) is 0 Å². The molecule has 24 heavy (non-hydrogen) atoms. The first-order chi connectivity index (χ1) is 11.4. The third kappa shape index (κ3) is 3.31. The summed E-state index contributed by atoms with van der Waals surface area (Å²) in [6.07, 6.45) is -2.29. The Kier molecular flexibility index (Phi) is 4.36. The summed E-state index contributed by atoms with van der Waals surface area (Å²) in [5, 5.41) is 2.85. The minimum absolute atomic E-state index is 0.118. The average Bonchev–Trinajstić information content (AvgIpc) is 3.10. The van der Waals surface area contributed by atoms with Gasteiger partial charge in [-0.3, -0.25) is 4.79 Å². The van der Waals surface area contributed by atoms with Crippen molar-refractivity contribution in [3.05, 3.63) is 59.5 Å². The maximum absolute atomic E-state index is 13.0. The molecule has 0 saturated carbocycles. The van der Waals surface area contributed by atoms with E-state index in [0.717, 1.165) is 12.1 Å². The Balaban J connectivity index is 1.95. The van der Waals surface area contributed by atoms with E-state index in [9.17, 15) is 18.0 Å². The quantitative estimate of drug-likeness (QED) is 0.927. The lowest BCUT2D eigenvalue weighted by atomic mass is 9.81. The smallest absolute Gasteiger partial charge is 0.416 e. The predicted molar refractivity (Wildman–Crippen MR) is 79.3 cm³/mol. The molecule has 0 bridgehead atoms. The second kappa shape index (κ2) is 6.32. The lowest BCUT2D eigenvalue weighted by Crippen LogP contribution is -2.49. The Hall–Kier alpha value is -2.28. The number of hydrogen-bond donors (Lipinski definition) is 1. The van der Waals surface area contributed by atoms with Crippen LogP contribution in [0.15, 0.2) is 47.1 Å². The van der Waals surface area contributed by atoms with E-state index in [1.165, 1.54) is 18.4 Å². The normalized spacial score (nSPS) is 17.5. The molecule has 1 aromatic heterocycles. The maximum atomic E-state index is 13.0. The number of benzene rings is 1. The number of rotatable bonds is 3. The monoisotopic (exact) mass is 339 g/mol. The van der Waals surface area contributed by atoms with Gasteiger partial charge in [-0.25, -0.2) is 0 Å². The highest BCUT2D eigenvalue weighted by Gasteiger charge is 2.39. The summed E-state index contributed by atoms with van der Waals surface area (Å²) in [7, 11) is 0. The lowest BCUT2D eigenvalue weighted by molar-refractivity contribution is -0.137. The van der Waals surface area contributed by atoms with Gasteiger partial charge in [0, 0.05) is 13.2 Å². The second-order valence-corrected chi connectivity index (χ2v) is 5.70. The van der Waals surface area contributed by atoms with Crippen LogP contribution in [0.25, 0.3) is 0 Å². The molecule has 1 saturated heterocycles. The van der Waals surface area contributed by atoms with E-state index in [1.807, 2.05) is 0 Å². The van der Waals surface area contributed by atoms with Gasteiger partial charge in [0.25, 0.3) is 5.91 Å². The van der Waals surface area contributed by atoms with E-state index in [2.05, 4.69) is 5.32 Å². The van der Waals surface area contributed by atoms with Crippen molar-refractivity contribution in [2.45, 2.75) is 24.6 Å². The van der Waals surface area contributed by atoms with Crippen molar-refractivity contribution >= 4 is 5.91 Å². The van der Waals surface area contributed by atoms with Gasteiger partial charge in [0.05, 0.1) is 17.4 Å². The average molecular weight is 339 g/mol. The number of alkyl halides is 3. The number of furan rings is 1. The van der Waals surface area contributed by atoms with E-state index in [0.29, 0.717) is 31.6 Å². The number of carbonyl (C=O) groups is 1. The molecule has 128 valence electrons. The summed E-state index contributed by atoms with van der Waals surface area (Å²) in [5.74, 6) is -0.341. The van der Waals surface area contributed by atoms with Gasteiger partial charge in [0.15, 0.2) is 5.76 Å². The number of nitrogens with one attached hydrogen (secondary N) is 1. The molecule has 1 aliphatic rings. The van der Waals surface area contributed by atoms with E-state index in [-0.39, 0.29) is 5.76 Å². The number of hydrogen-bond acceptors (Lipinski definition) is 3. The van der Waals surface area contributed by atoms with Crippen LogP contribution in [-0.4, -0.2) is 19.1 Å². The lowest BCUT2D eigenvalue weighted by Gasteiger charge is -2.38. The van der Waals surface area contributed by atoms with E-state index in [4.69, 9.17) is 9.15 Å². The number of halogens is 3. The zero-order valence-electron chi connectivity index (χ0n) is 12.7. The molecule has 1 fully saturated rings. The highest BCUT2D eigenvalue weighted by Crippen LogP contribution is 2.36. The molecular formula is C17H16F3NO3. The molecule has 1 amide bonds. The fraction of sp³-hybridized carbons (Fsp3) is 0.353. The molecule has 2 aromatic rings. The van der Waals surface area contributed by atoms with Crippen molar-refractivity contribution in [1.82, 2.24) is 5.32 Å². The first-order valence-electron chi connectivity index (χ1n) is 7.52. The minimum Gasteiger partial charge on any atom is -0.459 e. The third-order valence-electron chi connectivity index (χ3n) is 4.19. The molecule has 1 N–H and O–H groups in total. The van der Waals surface area contributed by atoms with Gasteiger partial charge in [0.1, 0.15) is 0 Å². The molecule has 7 heteroatoms. The third-order valence-corrected chi connectivity index (χ3v) is 4.19. The van der Waals surface area contributed by atoms with Crippen LogP contribution >= 0.6 is 0 Å². The van der Waals surface area contributed by atoms with Crippen LogP contribution < -0.4 is 5.32 Å². The molecular weight excluding hydrogens is 323 g/mol. The largest absolute Gasteiger partial charge is 0.459 e. The summed E-state index contributed by atoms with van der Waals surface area (Å²) < 4.78 is 49.4. The van der Waals surface area contributed by atoms with Crippen molar-refractivity contribution in [3.8, 4) is 0 Å². The van der Waals surface area contributed by atoms with Crippen LogP contribution in [0.4, 0.5) is 13.2 Å². The molecule has 3 rings (SSSR count). The molecule has 4 nitrogen and oxygen atoms in total. The maximum Gasteiger partial charge on any atom is 0.416 e. The van der Waals surface area contributed by atoms with Crippen molar-refractivity contribution in [2.75, 3.05) is 13.2 Å². The van der Waals surface area contributed by atoms with Crippen molar-refractivity contribution < 1.29 is 27.1 Å². The van der Waals surface area contributed by atoms with Crippen LogP contribution in [-0.2, 0) is 16.5 Å². The molecule has 0 aliphatic carbocycles. The van der Waals surface area contributed by atoms with Gasteiger partial charge in [-0.2, -0.15) is 13.2 Å². The molecule has 0 unspecified atom stereocenters. The van der Waals surface area contributed by atoms with Crippen molar-refractivity contribution in [2.24, 2.45) is 0 Å². The standard InChI is InChI=1S/C17H16F3NO3/c18-17(19,20)13-4-1-3-12(11-13)16(6-9-23-10-7-16)21-15(22)14-5-2-8-24-14/h1-5,8,11H,6-7,9-10H2,(H,21,22). The van der Waals surface area contributed by atoms with Gasteiger partial charge >= 0.3 is 6.18 Å². The molecule has 1 aromatic carbocycles. The topological polar surface area (TPSA) is 51.5 Å². The van der Waals surface area contributed by atoms with Gasteiger partial charge in [0.2, 0.25) is 0 Å². The summed E-state index contributed by atoms with van der Waals surface area (Å²) in [4.78, 5) is 12.4. The second-order valence-electron chi connectivity index (χ2n) is 5.70. The Morgan fingerprint density at radius 2 is 1.88 bits per heavy atom. The van der Waals surface area contributed by atoms with Crippen LogP contribution in [0, 0.1) is 0 Å². The van der Waals surface area contributed by atoms with Gasteiger partial charge in [-0.1, -0.05) is 12.1 Å². The Morgan fingerprint density at radius 3 is 2.50 bits per heavy atom. The Labute approximate surface area is 136 Å². The summed E-state index contributed by atoms with van der Waals surface area (Å²) in [6.45, 7) is 0.712. The van der Waals surface area contributed by atoms with E-state index >= 15 is 0 Å². The minimum atomic E-state index is -4.44. The molecule has 1 aliphatic heterocycles. The summed E-state index contributed by atoms with van der Waals surface area (Å²) in [6, 6.07) is 8.15. The molecule has 2 heterocycles. The first-order valence-corrected chi connectivity index (χ1v) is 7.52. The Bertz CT molecular complexity index is 704.